The second-order valence-corrected chi connectivity index (χ2v) is 9.11. The van der Waals surface area contributed by atoms with Crippen molar-refractivity contribution in [3.05, 3.63) is 52.2 Å². The molecule has 0 bridgehead atoms. The van der Waals surface area contributed by atoms with E-state index in [1.165, 1.54) is 4.88 Å². The standard InChI is InChI=1S/C24H32N2O3S/c1-25(2)23(27)12-13-24(28)26(20-8-3-4-9-20)18-19-7-5-10-21(17-19)29-15-14-22-11-6-16-30-22/h5-7,10-11,16-17,20H,3-4,8-9,12-15,18H2,1-2H3. The van der Waals surface area contributed by atoms with Crippen molar-refractivity contribution in [1.29, 1.82) is 0 Å². The van der Waals surface area contributed by atoms with Crippen molar-refractivity contribution in [2.24, 2.45) is 0 Å². The number of carbonyl (C=O) groups is 2. The molecule has 1 aliphatic carbocycles. The molecule has 1 aromatic heterocycles. The molecule has 1 aliphatic rings. The molecule has 0 aliphatic heterocycles. The van der Waals surface area contributed by atoms with E-state index in [1.54, 1.807) is 30.3 Å². The first-order valence-corrected chi connectivity index (χ1v) is 11.6. The summed E-state index contributed by atoms with van der Waals surface area (Å²) >= 11 is 1.74. The van der Waals surface area contributed by atoms with Crippen molar-refractivity contribution >= 4 is 23.2 Å². The average molecular weight is 429 g/mol. The molecule has 0 radical (unpaired) electrons. The molecule has 1 saturated carbocycles. The Kier molecular flexibility index (Phi) is 8.31. The third-order valence-corrected chi connectivity index (χ3v) is 6.52. The van der Waals surface area contributed by atoms with E-state index in [2.05, 4.69) is 17.5 Å². The fourth-order valence-electron chi connectivity index (χ4n) is 3.87. The van der Waals surface area contributed by atoms with E-state index >= 15 is 0 Å². The molecular weight excluding hydrogens is 396 g/mol. The summed E-state index contributed by atoms with van der Waals surface area (Å²) in [4.78, 5) is 29.7. The van der Waals surface area contributed by atoms with Crippen LogP contribution in [0.5, 0.6) is 5.75 Å². The Balaban J connectivity index is 1.60. The van der Waals surface area contributed by atoms with Gasteiger partial charge in [0.1, 0.15) is 5.75 Å². The molecule has 0 N–H and O–H groups in total. The van der Waals surface area contributed by atoms with Gasteiger partial charge in [-0.25, -0.2) is 0 Å². The maximum Gasteiger partial charge on any atom is 0.223 e. The second kappa shape index (κ2) is 11.2. The van der Waals surface area contributed by atoms with Crippen molar-refractivity contribution < 1.29 is 14.3 Å². The van der Waals surface area contributed by atoms with Gasteiger partial charge in [-0.1, -0.05) is 31.0 Å². The van der Waals surface area contributed by atoms with Crippen molar-refractivity contribution in [3.8, 4) is 5.75 Å². The van der Waals surface area contributed by atoms with Gasteiger partial charge in [0.15, 0.2) is 0 Å². The van der Waals surface area contributed by atoms with Crippen LogP contribution in [0, 0.1) is 0 Å². The van der Waals surface area contributed by atoms with Gasteiger partial charge in [-0.15, -0.1) is 11.3 Å². The smallest absolute Gasteiger partial charge is 0.223 e. The van der Waals surface area contributed by atoms with Gasteiger partial charge in [-0.05, 0) is 42.0 Å². The predicted octanol–water partition coefficient (Wildman–Crippen LogP) is 4.51. The third-order valence-electron chi connectivity index (χ3n) is 5.59. The van der Waals surface area contributed by atoms with Crippen LogP contribution in [-0.4, -0.2) is 48.4 Å². The van der Waals surface area contributed by atoms with Crippen LogP contribution in [0.25, 0.3) is 0 Å². The van der Waals surface area contributed by atoms with Crippen LogP contribution in [0.15, 0.2) is 41.8 Å². The van der Waals surface area contributed by atoms with Crippen LogP contribution < -0.4 is 4.74 Å². The minimum atomic E-state index is -0.00383. The molecule has 30 heavy (non-hydrogen) atoms. The summed E-state index contributed by atoms with van der Waals surface area (Å²) in [5.41, 5.74) is 1.07. The highest BCUT2D eigenvalue weighted by molar-refractivity contribution is 7.09. The second-order valence-electron chi connectivity index (χ2n) is 8.07. The SMILES string of the molecule is CN(C)C(=O)CCC(=O)N(Cc1cccc(OCCc2cccs2)c1)C1CCCC1. The van der Waals surface area contributed by atoms with E-state index in [9.17, 15) is 9.59 Å². The highest BCUT2D eigenvalue weighted by atomic mass is 32.1. The highest BCUT2D eigenvalue weighted by Gasteiger charge is 2.27. The Labute approximate surface area is 183 Å². The van der Waals surface area contributed by atoms with Gasteiger partial charge in [0, 0.05) is 50.8 Å². The molecule has 3 rings (SSSR count). The van der Waals surface area contributed by atoms with Gasteiger partial charge in [-0.2, -0.15) is 0 Å². The van der Waals surface area contributed by atoms with Crippen LogP contribution >= 0.6 is 11.3 Å². The quantitative estimate of drug-likeness (QED) is 0.559. The molecule has 0 atom stereocenters. The summed E-state index contributed by atoms with van der Waals surface area (Å²) in [6, 6.07) is 12.5. The molecular formula is C24H32N2O3S. The monoisotopic (exact) mass is 428 g/mol. The van der Waals surface area contributed by atoms with Gasteiger partial charge in [0.25, 0.3) is 0 Å². The summed E-state index contributed by atoms with van der Waals surface area (Å²) in [5, 5.41) is 2.08. The number of benzene rings is 1. The molecule has 1 heterocycles. The maximum atomic E-state index is 13.0. The van der Waals surface area contributed by atoms with Gasteiger partial charge in [-0.3, -0.25) is 9.59 Å². The van der Waals surface area contributed by atoms with Crippen molar-refractivity contribution in [2.75, 3.05) is 20.7 Å². The fraction of sp³-hybridized carbons (Fsp3) is 0.500. The maximum absolute atomic E-state index is 13.0. The van der Waals surface area contributed by atoms with Gasteiger partial charge >= 0.3 is 0 Å². The molecule has 2 aromatic rings. The molecule has 2 amide bonds. The normalized spacial score (nSPS) is 13.9. The predicted molar refractivity (Wildman–Crippen MR) is 121 cm³/mol. The molecule has 6 heteroatoms. The number of thiophene rings is 1. The van der Waals surface area contributed by atoms with Crippen molar-refractivity contribution in [1.82, 2.24) is 9.80 Å². The zero-order chi connectivity index (χ0) is 21.3. The van der Waals surface area contributed by atoms with Crippen LogP contribution in [0.4, 0.5) is 0 Å². The first-order valence-electron chi connectivity index (χ1n) is 10.8. The lowest BCUT2D eigenvalue weighted by Gasteiger charge is -2.29. The molecule has 0 unspecified atom stereocenters. The van der Waals surface area contributed by atoms with E-state index in [0.29, 0.717) is 13.2 Å². The largest absolute Gasteiger partial charge is 0.493 e. The van der Waals surface area contributed by atoms with Gasteiger partial charge in [0.05, 0.1) is 6.61 Å². The van der Waals surface area contributed by atoms with Crippen LogP contribution in [0.3, 0.4) is 0 Å². The summed E-state index contributed by atoms with van der Waals surface area (Å²) in [6.45, 7) is 1.21. The number of rotatable bonds is 10. The number of carbonyl (C=O) groups excluding carboxylic acids is 2. The lowest BCUT2D eigenvalue weighted by molar-refractivity contribution is -0.137. The third kappa shape index (κ3) is 6.59. The lowest BCUT2D eigenvalue weighted by atomic mass is 10.1. The van der Waals surface area contributed by atoms with Crippen LogP contribution in [0.1, 0.15) is 49.0 Å². The van der Waals surface area contributed by atoms with Crippen LogP contribution in [0.2, 0.25) is 0 Å². The first kappa shape index (κ1) is 22.3. The Bertz CT molecular complexity index is 814. The average Bonchev–Trinajstić information content (AvgIpc) is 3.44. The number of nitrogens with zero attached hydrogens (tertiary/aromatic N) is 2. The van der Waals surface area contributed by atoms with Crippen molar-refractivity contribution in [3.63, 3.8) is 0 Å². The molecule has 1 aromatic carbocycles. The highest BCUT2D eigenvalue weighted by Crippen LogP contribution is 2.27. The zero-order valence-corrected chi connectivity index (χ0v) is 18.8. The molecule has 0 saturated heterocycles. The summed E-state index contributed by atoms with van der Waals surface area (Å²) in [6.07, 6.45) is 5.85. The van der Waals surface area contributed by atoms with E-state index in [-0.39, 0.29) is 30.7 Å². The molecule has 162 valence electrons. The molecule has 0 spiro atoms. The number of ether oxygens (including phenoxy) is 1. The van der Waals surface area contributed by atoms with E-state index in [0.717, 1.165) is 43.4 Å². The van der Waals surface area contributed by atoms with E-state index in [4.69, 9.17) is 4.74 Å². The topological polar surface area (TPSA) is 49.9 Å². The number of hydrogen-bond acceptors (Lipinski definition) is 4. The van der Waals surface area contributed by atoms with Crippen molar-refractivity contribution in [2.45, 2.75) is 57.5 Å². The van der Waals surface area contributed by atoms with Gasteiger partial charge in [0.2, 0.25) is 11.8 Å². The summed E-state index contributed by atoms with van der Waals surface area (Å²) in [7, 11) is 3.46. The fourth-order valence-corrected chi connectivity index (χ4v) is 4.56. The Morgan fingerprint density at radius 3 is 2.53 bits per heavy atom. The summed E-state index contributed by atoms with van der Waals surface area (Å²) < 4.78 is 5.95. The Hall–Kier alpha value is -2.34. The minimum absolute atomic E-state index is 0.00383. The van der Waals surface area contributed by atoms with Gasteiger partial charge < -0.3 is 14.5 Å². The van der Waals surface area contributed by atoms with E-state index in [1.807, 2.05) is 29.2 Å². The van der Waals surface area contributed by atoms with Crippen LogP contribution in [-0.2, 0) is 22.6 Å². The molecule has 1 fully saturated rings. The first-order chi connectivity index (χ1) is 14.5. The number of amides is 2. The Morgan fingerprint density at radius 2 is 1.83 bits per heavy atom. The molecule has 5 nitrogen and oxygen atoms in total. The zero-order valence-electron chi connectivity index (χ0n) is 18.0. The summed E-state index contributed by atoms with van der Waals surface area (Å²) in [5.74, 6) is 0.905. The number of hydrogen-bond donors (Lipinski definition) is 0. The van der Waals surface area contributed by atoms with E-state index < -0.39 is 0 Å². The lowest BCUT2D eigenvalue weighted by Crippen LogP contribution is -2.38. The minimum Gasteiger partial charge on any atom is -0.493 e. The Morgan fingerprint density at radius 1 is 1.07 bits per heavy atom.